The van der Waals surface area contributed by atoms with Crippen LogP contribution in [0.4, 0.5) is 0 Å². The SMILES string of the molecule is N#CCNC(=O)CNCCC(=O)N1CCOCC1. The van der Waals surface area contributed by atoms with Crippen molar-refractivity contribution in [1.82, 2.24) is 15.5 Å². The highest BCUT2D eigenvalue weighted by molar-refractivity contribution is 5.78. The molecule has 18 heavy (non-hydrogen) atoms. The Morgan fingerprint density at radius 2 is 2.06 bits per heavy atom. The number of hydrogen-bond donors (Lipinski definition) is 2. The smallest absolute Gasteiger partial charge is 0.234 e. The topological polar surface area (TPSA) is 94.5 Å². The van der Waals surface area contributed by atoms with Crippen molar-refractivity contribution in [1.29, 1.82) is 5.26 Å². The fourth-order valence-electron chi connectivity index (χ4n) is 1.57. The lowest BCUT2D eigenvalue weighted by molar-refractivity contribution is -0.135. The number of hydrogen-bond acceptors (Lipinski definition) is 5. The quantitative estimate of drug-likeness (QED) is 0.443. The third kappa shape index (κ3) is 5.61. The molecule has 0 bridgehead atoms. The van der Waals surface area contributed by atoms with Crippen molar-refractivity contribution in [3.8, 4) is 6.07 Å². The number of morpholine rings is 1. The predicted molar refractivity (Wildman–Crippen MR) is 63.5 cm³/mol. The normalized spacial score (nSPS) is 14.9. The Kier molecular flexibility index (Phi) is 6.76. The minimum atomic E-state index is -0.240. The summed E-state index contributed by atoms with van der Waals surface area (Å²) in [5.74, 6) is -0.168. The van der Waals surface area contributed by atoms with Crippen molar-refractivity contribution in [2.75, 3.05) is 45.9 Å². The van der Waals surface area contributed by atoms with Gasteiger partial charge in [0.25, 0.3) is 0 Å². The summed E-state index contributed by atoms with van der Waals surface area (Å²) >= 11 is 0. The van der Waals surface area contributed by atoms with Crippen LogP contribution in [0.1, 0.15) is 6.42 Å². The minimum absolute atomic E-state index is 0.00716. The maximum Gasteiger partial charge on any atom is 0.234 e. The zero-order chi connectivity index (χ0) is 13.2. The van der Waals surface area contributed by atoms with E-state index in [1.807, 2.05) is 6.07 Å². The molecule has 1 rings (SSSR count). The van der Waals surface area contributed by atoms with Crippen LogP contribution in [0.2, 0.25) is 0 Å². The van der Waals surface area contributed by atoms with E-state index in [0.29, 0.717) is 39.3 Å². The zero-order valence-electron chi connectivity index (χ0n) is 10.3. The summed E-state index contributed by atoms with van der Waals surface area (Å²) in [4.78, 5) is 24.6. The highest BCUT2D eigenvalue weighted by Crippen LogP contribution is 1.99. The van der Waals surface area contributed by atoms with E-state index in [1.165, 1.54) is 0 Å². The summed E-state index contributed by atoms with van der Waals surface area (Å²) in [7, 11) is 0. The second-order valence-electron chi connectivity index (χ2n) is 3.85. The molecule has 0 radical (unpaired) electrons. The number of ether oxygens (including phenoxy) is 1. The number of nitrogens with zero attached hydrogens (tertiary/aromatic N) is 2. The summed E-state index contributed by atoms with van der Waals surface area (Å²) < 4.78 is 5.16. The molecule has 0 aromatic carbocycles. The predicted octanol–water partition coefficient (Wildman–Crippen LogP) is -1.54. The van der Waals surface area contributed by atoms with E-state index >= 15 is 0 Å². The van der Waals surface area contributed by atoms with Crippen LogP contribution in [0, 0.1) is 11.3 Å². The molecular formula is C11H18N4O3. The van der Waals surface area contributed by atoms with Gasteiger partial charge in [0, 0.05) is 26.1 Å². The van der Waals surface area contributed by atoms with Crippen molar-refractivity contribution < 1.29 is 14.3 Å². The van der Waals surface area contributed by atoms with Crippen LogP contribution >= 0.6 is 0 Å². The maximum atomic E-state index is 11.7. The van der Waals surface area contributed by atoms with Gasteiger partial charge in [-0.3, -0.25) is 9.59 Å². The van der Waals surface area contributed by atoms with Gasteiger partial charge in [0.1, 0.15) is 6.54 Å². The largest absolute Gasteiger partial charge is 0.378 e. The van der Waals surface area contributed by atoms with E-state index in [1.54, 1.807) is 4.90 Å². The Labute approximate surface area is 106 Å². The molecule has 7 heteroatoms. The van der Waals surface area contributed by atoms with Crippen LogP contribution in [-0.4, -0.2) is 62.7 Å². The average molecular weight is 254 g/mol. The molecule has 1 aliphatic heterocycles. The van der Waals surface area contributed by atoms with Gasteiger partial charge in [-0.2, -0.15) is 5.26 Å². The van der Waals surface area contributed by atoms with Crippen molar-refractivity contribution in [2.45, 2.75) is 6.42 Å². The fourth-order valence-corrected chi connectivity index (χ4v) is 1.57. The molecule has 100 valence electrons. The van der Waals surface area contributed by atoms with E-state index in [2.05, 4.69) is 10.6 Å². The molecule has 0 aromatic rings. The van der Waals surface area contributed by atoms with E-state index in [-0.39, 0.29) is 24.9 Å². The Morgan fingerprint density at radius 1 is 1.33 bits per heavy atom. The molecule has 0 aliphatic carbocycles. The molecule has 0 unspecified atom stereocenters. The highest BCUT2D eigenvalue weighted by Gasteiger charge is 2.15. The van der Waals surface area contributed by atoms with Crippen molar-refractivity contribution in [3.63, 3.8) is 0 Å². The molecule has 0 aromatic heterocycles. The third-order valence-electron chi connectivity index (χ3n) is 2.53. The summed E-state index contributed by atoms with van der Waals surface area (Å²) in [6, 6.07) is 1.82. The van der Waals surface area contributed by atoms with Gasteiger partial charge < -0.3 is 20.3 Å². The molecule has 7 nitrogen and oxygen atoms in total. The second-order valence-corrected chi connectivity index (χ2v) is 3.85. The van der Waals surface area contributed by atoms with Gasteiger partial charge >= 0.3 is 0 Å². The summed E-state index contributed by atoms with van der Waals surface area (Å²) in [5, 5.41) is 13.5. The molecule has 0 saturated carbocycles. The summed E-state index contributed by atoms with van der Waals surface area (Å²) in [5.41, 5.74) is 0. The van der Waals surface area contributed by atoms with Crippen molar-refractivity contribution in [2.24, 2.45) is 0 Å². The van der Waals surface area contributed by atoms with Crippen molar-refractivity contribution >= 4 is 11.8 Å². The Balaban J connectivity index is 2.05. The van der Waals surface area contributed by atoms with Crippen LogP contribution in [-0.2, 0) is 14.3 Å². The Bertz CT molecular complexity index is 321. The molecule has 2 amide bonds. The molecule has 1 fully saturated rings. The highest BCUT2D eigenvalue weighted by atomic mass is 16.5. The van der Waals surface area contributed by atoms with Crippen LogP contribution in [0.5, 0.6) is 0 Å². The Hall–Kier alpha value is -1.65. The van der Waals surface area contributed by atoms with Gasteiger partial charge in [0.2, 0.25) is 11.8 Å². The van der Waals surface area contributed by atoms with Crippen LogP contribution in [0.3, 0.4) is 0 Å². The lowest BCUT2D eigenvalue weighted by Crippen LogP contribution is -2.42. The van der Waals surface area contributed by atoms with Crippen LogP contribution in [0.15, 0.2) is 0 Å². The number of nitriles is 1. The van der Waals surface area contributed by atoms with Gasteiger partial charge in [-0.1, -0.05) is 0 Å². The Morgan fingerprint density at radius 3 is 2.72 bits per heavy atom. The van der Waals surface area contributed by atoms with E-state index in [4.69, 9.17) is 10.00 Å². The first-order valence-electron chi connectivity index (χ1n) is 5.94. The lowest BCUT2D eigenvalue weighted by atomic mass is 10.3. The monoisotopic (exact) mass is 254 g/mol. The van der Waals surface area contributed by atoms with Gasteiger partial charge in [-0.25, -0.2) is 0 Å². The molecular weight excluding hydrogens is 236 g/mol. The number of carbonyl (C=O) groups excluding carboxylic acids is 2. The molecule has 1 aliphatic rings. The maximum absolute atomic E-state index is 11.7. The molecule has 1 heterocycles. The first-order chi connectivity index (χ1) is 8.74. The van der Waals surface area contributed by atoms with Crippen LogP contribution in [0.25, 0.3) is 0 Å². The molecule has 2 N–H and O–H groups in total. The summed E-state index contributed by atoms with van der Waals surface area (Å²) in [6.07, 6.45) is 0.367. The van der Waals surface area contributed by atoms with E-state index < -0.39 is 0 Å². The number of carbonyl (C=O) groups is 2. The lowest BCUT2D eigenvalue weighted by Gasteiger charge is -2.26. The molecule has 0 atom stereocenters. The first-order valence-corrected chi connectivity index (χ1v) is 5.94. The molecule has 1 saturated heterocycles. The minimum Gasteiger partial charge on any atom is -0.378 e. The van der Waals surface area contributed by atoms with E-state index in [9.17, 15) is 9.59 Å². The number of amides is 2. The molecule has 0 spiro atoms. The van der Waals surface area contributed by atoms with Crippen LogP contribution < -0.4 is 10.6 Å². The van der Waals surface area contributed by atoms with Gasteiger partial charge in [0.15, 0.2) is 0 Å². The fraction of sp³-hybridized carbons (Fsp3) is 0.727. The first kappa shape index (κ1) is 14.4. The van der Waals surface area contributed by atoms with E-state index in [0.717, 1.165) is 0 Å². The number of rotatable bonds is 6. The van der Waals surface area contributed by atoms with Gasteiger partial charge in [-0.05, 0) is 0 Å². The standard InChI is InChI=1S/C11H18N4O3/c12-2-4-14-10(16)9-13-3-1-11(17)15-5-7-18-8-6-15/h13H,1,3-9H2,(H,14,16). The van der Waals surface area contributed by atoms with Gasteiger partial charge in [-0.15, -0.1) is 0 Å². The van der Waals surface area contributed by atoms with Crippen molar-refractivity contribution in [3.05, 3.63) is 0 Å². The second kappa shape index (κ2) is 8.44. The summed E-state index contributed by atoms with van der Waals surface area (Å²) in [6.45, 7) is 3.05. The number of nitrogens with one attached hydrogen (secondary N) is 2. The third-order valence-corrected chi connectivity index (χ3v) is 2.53. The van der Waals surface area contributed by atoms with Gasteiger partial charge in [0.05, 0.1) is 25.8 Å². The zero-order valence-corrected chi connectivity index (χ0v) is 10.3. The average Bonchev–Trinajstić information content (AvgIpc) is 2.42.